The number of carbonyl (C=O) groups is 2. The van der Waals surface area contributed by atoms with Gasteiger partial charge in [0, 0.05) is 22.3 Å². The molecule has 0 spiro atoms. The van der Waals surface area contributed by atoms with E-state index in [9.17, 15) is 9.59 Å². The number of nitrogens with zero attached hydrogens (tertiary/aromatic N) is 1. The topological polar surface area (TPSA) is 65.0 Å². The van der Waals surface area contributed by atoms with E-state index < -0.39 is 5.97 Å². The molecule has 27 heavy (non-hydrogen) atoms. The summed E-state index contributed by atoms with van der Waals surface area (Å²) in [5.74, 6) is -0.00911. The molecule has 0 aliphatic heterocycles. The van der Waals surface area contributed by atoms with Gasteiger partial charge in [-0.2, -0.15) is 0 Å². The number of carbonyl (C=O) groups excluding carboxylic acids is 2. The van der Waals surface area contributed by atoms with E-state index in [1.807, 2.05) is 12.1 Å². The van der Waals surface area contributed by atoms with Crippen LogP contribution in [0.2, 0.25) is 0 Å². The van der Waals surface area contributed by atoms with Gasteiger partial charge in [-0.3, -0.25) is 4.79 Å². The normalized spacial score (nSPS) is 12.0. The van der Waals surface area contributed by atoms with E-state index in [0.717, 1.165) is 0 Å². The summed E-state index contributed by atoms with van der Waals surface area (Å²) in [5.41, 5.74) is 3.18. The number of rotatable bonds is 3. The fourth-order valence-electron chi connectivity index (χ4n) is 3.03. The van der Waals surface area contributed by atoms with E-state index in [-0.39, 0.29) is 5.78 Å². The molecule has 1 aliphatic rings. The Balaban J connectivity index is 1.71. The van der Waals surface area contributed by atoms with Crippen LogP contribution in [0.1, 0.15) is 37.4 Å². The maximum Gasteiger partial charge on any atom is 0.365 e. The first-order valence-corrected chi connectivity index (χ1v) is 8.36. The van der Waals surface area contributed by atoms with Crippen molar-refractivity contribution >= 4 is 17.5 Å². The summed E-state index contributed by atoms with van der Waals surface area (Å²) < 4.78 is 5.08. The molecule has 1 aliphatic carbocycles. The summed E-state index contributed by atoms with van der Waals surface area (Å²) in [5, 5.41) is 4.10. The lowest BCUT2D eigenvalue weighted by molar-refractivity contribution is 0.0517. The van der Waals surface area contributed by atoms with Gasteiger partial charge in [0.05, 0.1) is 12.7 Å². The minimum absolute atomic E-state index is 0.0679. The highest BCUT2D eigenvalue weighted by molar-refractivity contribution is 6.30. The highest BCUT2D eigenvalue weighted by atomic mass is 16.7. The maximum absolute atomic E-state index is 12.7. The van der Waals surface area contributed by atoms with Crippen molar-refractivity contribution in [1.82, 2.24) is 0 Å². The van der Waals surface area contributed by atoms with Crippen molar-refractivity contribution in [3.8, 4) is 5.75 Å². The van der Waals surface area contributed by atoms with Crippen LogP contribution in [0.25, 0.3) is 0 Å². The maximum atomic E-state index is 12.7. The van der Waals surface area contributed by atoms with E-state index in [1.54, 1.807) is 67.8 Å². The molecular weight excluding hydrogens is 342 g/mol. The molecule has 0 amide bonds. The Hall–Kier alpha value is -3.73. The Kier molecular flexibility index (Phi) is 4.26. The van der Waals surface area contributed by atoms with Crippen molar-refractivity contribution in [3.63, 3.8) is 0 Å². The first-order chi connectivity index (χ1) is 13.2. The first-order valence-electron chi connectivity index (χ1n) is 8.36. The molecule has 0 heterocycles. The van der Waals surface area contributed by atoms with Gasteiger partial charge in [0.25, 0.3) is 0 Å². The van der Waals surface area contributed by atoms with Gasteiger partial charge >= 0.3 is 5.97 Å². The van der Waals surface area contributed by atoms with E-state index in [0.29, 0.717) is 39.3 Å². The van der Waals surface area contributed by atoms with Gasteiger partial charge in [0.15, 0.2) is 5.78 Å². The molecule has 0 radical (unpaired) electrons. The van der Waals surface area contributed by atoms with Crippen molar-refractivity contribution in [2.45, 2.75) is 0 Å². The Bertz CT molecular complexity index is 1020. The van der Waals surface area contributed by atoms with Gasteiger partial charge in [-0.05, 0) is 24.3 Å². The number of hydrogen-bond acceptors (Lipinski definition) is 5. The quantitative estimate of drug-likeness (QED) is 0.413. The summed E-state index contributed by atoms with van der Waals surface area (Å²) in [6, 6.07) is 20.9. The third-order valence-electron chi connectivity index (χ3n) is 4.40. The third-order valence-corrected chi connectivity index (χ3v) is 4.40. The average molecular weight is 357 g/mol. The van der Waals surface area contributed by atoms with E-state index in [1.165, 1.54) is 0 Å². The standard InChI is InChI=1S/C22H15NO4/c1-26-15-12-10-14(11-13-15)22(25)27-23-20-16-6-2-4-8-18(16)21(24)19-9-5-3-7-17(19)20/h2-13H,1H3. The molecule has 0 aromatic heterocycles. The fourth-order valence-corrected chi connectivity index (χ4v) is 3.03. The predicted octanol–water partition coefficient (Wildman–Crippen LogP) is 3.85. The molecular formula is C22H15NO4. The lowest BCUT2D eigenvalue weighted by Crippen LogP contribution is -2.22. The zero-order valence-corrected chi connectivity index (χ0v) is 14.5. The van der Waals surface area contributed by atoms with E-state index in [2.05, 4.69) is 5.16 Å². The van der Waals surface area contributed by atoms with Crippen molar-refractivity contribution < 1.29 is 19.2 Å². The summed E-state index contributed by atoms with van der Waals surface area (Å²) in [4.78, 5) is 30.2. The summed E-state index contributed by atoms with van der Waals surface area (Å²) in [7, 11) is 1.55. The number of oxime groups is 1. The minimum Gasteiger partial charge on any atom is -0.497 e. The highest BCUT2D eigenvalue weighted by Crippen LogP contribution is 2.27. The molecule has 3 aromatic carbocycles. The fraction of sp³-hybridized carbons (Fsp3) is 0.0455. The molecule has 5 nitrogen and oxygen atoms in total. The van der Waals surface area contributed by atoms with E-state index >= 15 is 0 Å². The average Bonchev–Trinajstić information content (AvgIpc) is 2.73. The molecule has 0 fully saturated rings. The number of benzene rings is 3. The third kappa shape index (κ3) is 3.00. The van der Waals surface area contributed by atoms with E-state index in [4.69, 9.17) is 9.57 Å². The molecule has 4 rings (SSSR count). The molecule has 5 heteroatoms. The van der Waals surface area contributed by atoms with Crippen LogP contribution < -0.4 is 4.74 Å². The van der Waals surface area contributed by atoms with Gasteiger partial charge < -0.3 is 9.57 Å². The van der Waals surface area contributed by atoms with Crippen LogP contribution in [0.3, 0.4) is 0 Å². The SMILES string of the molecule is COc1ccc(C(=O)ON=C2c3ccccc3C(=O)c3ccccc32)cc1. The van der Waals surface area contributed by atoms with Crippen LogP contribution in [0.4, 0.5) is 0 Å². The van der Waals surface area contributed by atoms with Gasteiger partial charge in [-0.25, -0.2) is 4.79 Å². The zero-order chi connectivity index (χ0) is 18.8. The van der Waals surface area contributed by atoms with Crippen LogP contribution >= 0.6 is 0 Å². The molecule has 132 valence electrons. The van der Waals surface area contributed by atoms with Crippen LogP contribution in [0, 0.1) is 0 Å². The lowest BCUT2D eigenvalue weighted by Gasteiger charge is -2.19. The molecule has 0 bridgehead atoms. The number of hydrogen-bond donors (Lipinski definition) is 0. The molecule has 3 aromatic rings. The Morgan fingerprint density at radius 2 is 1.30 bits per heavy atom. The second-order valence-corrected chi connectivity index (χ2v) is 5.97. The monoisotopic (exact) mass is 357 g/mol. The van der Waals surface area contributed by atoms with Gasteiger partial charge in [0.1, 0.15) is 11.5 Å². The highest BCUT2D eigenvalue weighted by Gasteiger charge is 2.28. The summed E-state index contributed by atoms with van der Waals surface area (Å²) in [6.07, 6.45) is 0. The van der Waals surface area contributed by atoms with Gasteiger partial charge in [-0.15, -0.1) is 0 Å². The Morgan fingerprint density at radius 1 is 0.778 bits per heavy atom. The molecule has 0 atom stereocenters. The lowest BCUT2D eigenvalue weighted by atomic mass is 9.84. The number of ether oxygens (including phenoxy) is 1. The molecule has 0 saturated heterocycles. The molecule has 0 unspecified atom stereocenters. The van der Waals surface area contributed by atoms with Gasteiger partial charge in [-0.1, -0.05) is 53.7 Å². The van der Waals surface area contributed by atoms with Crippen LogP contribution in [-0.2, 0) is 4.84 Å². The smallest absolute Gasteiger partial charge is 0.365 e. The van der Waals surface area contributed by atoms with Crippen molar-refractivity contribution in [1.29, 1.82) is 0 Å². The molecule has 0 saturated carbocycles. The number of ketones is 1. The van der Waals surface area contributed by atoms with Crippen molar-refractivity contribution in [3.05, 3.63) is 101 Å². The summed E-state index contributed by atoms with van der Waals surface area (Å²) in [6.45, 7) is 0. The predicted molar refractivity (Wildman–Crippen MR) is 100 cm³/mol. The molecule has 0 N–H and O–H groups in total. The van der Waals surface area contributed by atoms with Crippen LogP contribution in [0.15, 0.2) is 78.0 Å². The van der Waals surface area contributed by atoms with Crippen LogP contribution in [0.5, 0.6) is 5.75 Å². The zero-order valence-electron chi connectivity index (χ0n) is 14.5. The second-order valence-electron chi connectivity index (χ2n) is 5.97. The number of fused-ring (bicyclic) bond motifs is 2. The first kappa shape index (κ1) is 16.7. The number of methoxy groups -OCH3 is 1. The largest absolute Gasteiger partial charge is 0.497 e. The van der Waals surface area contributed by atoms with Crippen LogP contribution in [-0.4, -0.2) is 24.6 Å². The minimum atomic E-state index is -0.586. The van der Waals surface area contributed by atoms with Crippen molar-refractivity contribution in [2.75, 3.05) is 7.11 Å². The van der Waals surface area contributed by atoms with Crippen molar-refractivity contribution in [2.24, 2.45) is 5.16 Å². The van der Waals surface area contributed by atoms with Gasteiger partial charge in [0.2, 0.25) is 0 Å². The Morgan fingerprint density at radius 3 is 1.81 bits per heavy atom. The summed E-state index contributed by atoms with van der Waals surface area (Å²) >= 11 is 0. The second kappa shape index (κ2) is 6.88. The Labute approximate surface area is 155 Å².